The van der Waals surface area contributed by atoms with E-state index in [1.165, 1.54) is 18.2 Å². The quantitative estimate of drug-likeness (QED) is 0.480. The molecule has 7 nitrogen and oxygen atoms in total. The lowest BCUT2D eigenvalue weighted by Crippen LogP contribution is -2.34. The van der Waals surface area contributed by atoms with Crippen LogP contribution >= 0.6 is 0 Å². The number of carbonyl (C=O) groups is 2. The highest BCUT2D eigenvalue weighted by Crippen LogP contribution is 2.22. The van der Waals surface area contributed by atoms with E-state index in [1.54, 1.807) is 60.7 Å². The van der Waals surface area contributed by atoms with Crippen LogP contribution in [-0.2, 0) is 16.1 Å². The molecule has 146 valence electrons. The molecule has 0 aliphatic heterocycles. The number of hydroxylamine groups is 1. The van der Waals surface area contributed by atoms with Gasteiger partial charge in [-0.15, -0.1) is 5.06 Å². The van der Waals surface area contributed by atoms with Crippen molar-refractivity contribution >= 4 is 23.3 Å². The van der Waals surface area contributed by atoms with Gasteiger partial charge in [0, 0.05) is 17.2 Å². The lowest BCUT2D eigenvalue weighted by atomic mass is 10.1. The number of nitrogens with zero attached hydrogens (tertiary/aromatic N) is 2. The van der Waals surface area contributed by atoms with Gasteiger partial charge in [-0.05, 0) is 31.2 Å². The molecule has 3 aromatic carbocycles. The second kappa shape index (κ2) is 8.79. The van der Waals surface area contributed by atoms with Crippen LogP contribution in [0.25, 0.3) is 0 Å². The Morgan fingerprint density at radius 3 is 2.21 bits per heavy atom. The summed E-state index contributed by atoms with van der Waals surface area (Å²) in [4.78, 5) is 41.4. The van der Waals surface area contributed by atoms with Crippen LogP contribution in [0.3, 0.4) is 0 Å². The molecule has 1 amide bonds. The van der Waals surface area contributed by atoms with Gasteiger partial charge < -0.3 is 4.84 Å². The summed E-state index contributed by atoms with van der Waals surface area (Å²) in [7, 11) is 0. The van der Waals surface area contributed by atoms with Crippen molar-refractivity contribution in [3.05, 3.63) is 106 Å². The van der Waals surface area contributed by atoms with Gasteiger partial charge in [0.25, 0.3) is 11.6 Å². The average Bonchev–Trinajstić information content (AvgIpc) is 2.73. The van der Waals surface area contributed by atoms with Crippen LogP contribution in [0.5, 0.6) is 0 Å². The van der Waals surface area contributed by atoms with Gasteiger partial charge in [0.15, 0.2) is 0 Å². The first-order chi connectivity index (χ1) is 14.0. The van der Waals surface area contributed by atoms with Crippen LogP contribution in [0, 0.1) is 17.0 Å². The summed E-state index contributed by atoms with van der Waals surface area (Å²) >= 11 is 0. The fraction of sp³-hybridized carbons (Fsp3) is 0.0909. The number of hydrogen-bond acceptors (Lipinski definition) is 5. The van der Waals surface area contributed by atoms with Crippen LogP contribution in [0.4, 0.5) is 11.4 Å². The number of nitro groups is 1. The van der Waals surface area contributed by atoms with Crippen molar-refractivity contribution in [3.8, 4) is 0 Å². The molecule has 0 aromatic heterocycles. The lowest BCUT2D eigenvalue weighted by molar-refractivity contribution is -0.385. The van der Waals surface area contributed by atoms with E-state index in [9.17, 15) is 19.7 Å². The third-order valence-electron chi connectivity index (χ3n) is 4.19. The van der Waals surface area contributed by atoms with Gasteiger partial charge in [0.05, 0.1) is 17.0 Å². The molecule has 7 heteroatoms. The Morgan fingerprint density at radius 2 is 1.55 bits per heavy atom. The number of carbonyl (C=O) groups excluding carboxylic acids is 2. The predicted molar refractivity (Wildman–Crippen MR) is 107 cm³/mol. The van der Waals surface area contributed by atoms with E-state index in [4.69, 9.17) is 4.84 Å². The van der Waals surface area contributed by atoms with E-state index in [0.717, 1.165) is 10.6 Å². The largest absolute Gasteiger partial charge is 0.337 e. The van der Waals surface area contributed by atoms with Crippen molar-refractivity contribution in [2.24, 2.45) is 0 Å². The van der Waals surface area contributed by atoms with Gasteiger partial charge in [-0.3, -0.25) is 14.9 Å². The maximum atomic E-state index is 12.9. The average molecular weight is 390 g/mol. The summed E-state index contributed by atoms with van der Waals surface area (Å²) in [6, 6.07) is 21.2. The second-order valence-corrected chi connectivity index (χ2v) is 6.33. The first-order valence-electron chi connectivity index (χ1n) is 8.85. The Labute approximate surface area is 167 Å². The van der Waals surface area contributed by atoms with E-state index in [-0.39, 0.29) is 17.7 Å². The van der Waals surface area contributed by atoms with Crippen LogP contribution in [0.2, 0.25) is 0 Å². The first-order valence-corrected chi connectivity index (χ1v) is 8.85. The third kappa shape index (κ3) is 4.84. The van der Waals surface area contributed by atoms with E-state index in [2.05, 4.69) is 0 Å². The number of amides is 1. The molecule has 29 heavy (non-hydrogen) atoms. The van der Waals surface area contributed by atoms with Crippen molar-refractivity contribution in [3.63, 3.8) is 0 Å². The van der Waals surface area contributed by atoms with E-state index < -0.39 is 16.8 Å². The molecule has 0 fully saturated rings. The van der Waals surface area contributed by atoms with Crippen molar-refractivity contribution < 1.29 is 19.3 Å². The van der Waals surface area contributed by atoms with Crippen LogP contribution in [0.1, 0.15) is 21.5 Å². The molecule has 0 aliphatic rings. The molecule has 0 N–H and O–H groups in total. The van der Waals surface area contributed by atoms with Crippen LogP contribution < -0.4 is 5.06 Å². The van der Waals surface area contributed by atoms with Gasteiger partial charge in [-0.1, -0.05) is 54.1 Å². The third-order valence-corrected chi connectivity index (χ3v) is 4.19. The van der Waals surface area contributed by atoms with Gasteiger partial charge in [-0.25, -0.2) is 4.79 Å². The zero-order valence-electron chi connectivity index (χ0n) is 15.6. The minimum absolute atomic E-state index is 0.180. The second-order valence-electron chi connectivity index (χ2n) is 6.33. The van der Waals surface area contributed by atoms with Crippen molar-refractivity contribution in [2.75, 3.05) is 5.06 Å². The molecule has 0 bridgehead atoms. The highest BCUT2D eigenvalue weighted by atomic mass is 16.7. The van der Waals surface area contributed by atoms with Gasteiger partial charge in [0.1, 0.15) is 0 Å². The number of para-hydroxylation sites is 1. The van der Waals surface area contributed by atoms with Gasteiger partial charge in [0.2, 0.25) is 0 Å². The highest BCUT2D eigenvalue weighted by Gasteiger charge is 2.24. The lowest BCUT2D eigenvalue weighted by Gasteiger charge is -2.21. The summed E-state index contributed by atoms with van der Waals surface area (Å²) in [5.41, 5.74) is 1.72. The number of nitro benzene ring substituents is 1. The predicted octanol–water partition coefficient (Wildman–Crippen LogP) is 4.25. The highest BCUT2D eigenvalue weighted by molar-refractivity contribution is 6.05. The number of benzene rings is 3. The van der Waals surface area contributed by atoms with Crippen molar-refractivity contribution in [2.45, 2.75) is 13.3 Å². The summed E-state index contributed by atoms with van der Waals surface area (Å²) in [6.07, 6.45) is -0.346. The molecule has 0 atom stereocenters. The number of rotatable bonds is 5. The van der Waals surface area contributed by atoms with Gasteiger partial charge in [-0.2, -0.15) is 0 Å². The molecule has 0 aliphatic carbocycles. The first kappa shape index (κ1) is 19.8. The number of aryl methyl sites for hydroxylation is 1. The molecular formula is C22H18N2O5. The summed E-state index contributed by atoms with van der Waals surface area (Å²) in [5, 5.41) is 12.1. The van der Waals surface area contributed by atoms with Crippen LogP contribution in [-0.4, -0.2) is 16.8 Å². The minimum atomic E-state index is -0.788. The topological polar surface area (TPSA) is 89.8 Å². The SMILES string of the molecule is Cc1ccc(N(OC(=O)Cc2ccccc2[N+](=O)[O-])C(=O)c2ccccc2)cc1. The zero-order chi connectivity index (χ0) is 20.8. The summed E-state index contributed by atoms with van der Waals surface area (Å²) < 4.78 is 0. The number of anilines is 1. The standard InChI is InChI=1S/C22H18N2O5/c1-16-11-13-19(14-12-16)23(22(26)17-7-3-2-4-8-17)29-21(25)15-18-9-5-6-10-20(18)24(27)28/h2-14H,15H2,1H3. The van der Waals surface area contributed by atoms with Gasteiger partial charge >= 0.3 is 5.97 Å². The Bertz CT molecular complexity index is 1030. The summed E-state index contributed by atoms with van der Waals surface area (Å²) in [6.45, 7) is 1.90. The fourth-order valence-electron chi connectivity index (χ4n) is 2.72. The molecule has 0 heterocycles. The zero-order valence-corrected chi connectivity index (χ0v) is 15.6. The molecule has 0 radical (unpaired) electrons. The molecule has 0 unspecified atom stereocenters. The Morgan fingerprint density at radius 1 is 0.931 bits per heavy atom. The minimum Gasteiger partial charge on any atom is -0.333 e. The van der Waals surface area contributed by atoms with E-state index >= 15 is 0 Å². The maximum absolute atomic E-state index is 12.9. The van der Waals surface area contributed by atoms with Crippen molar-refractivity contribution in [1.29, 1.82) is 0 Å². The van der Waals surface area contributed by atoms with E-state index in [1.807, 2.05) is 6.92 Å². The molecule has 0 saturated heterocycles. The monoisotopic (exact) mass is 390 g/mol. The smallest absolute Gasteiger partial charge is 0.333 e. The van der Waals surface area contributed by atoms with Crippen molar-refractivity contribution in [1.82, 2.24) is 0 Å². The molecule has 0 saturated carbocycles. The molecule has 3 rings (SSSR count). The fourth-order valence-corrected chi connectivity index (χ4v) is 2.72. The maximum Gasteiger partial charge on any atom is 0.337 e. The summed E-state index contributed by atoms with van der Waals surface area (Å²) in [5.74, 6) is -1.31. The molecule has 0 spiro atoms. The Hall–Kier alpha value is -4.00. The molecule has 3 aromatic rings. The number of hydrogen-bond donors (Lipinski definition) is 0. The Kier molecular flexibility index (Phi) is 5.99. The van der Waals surface area contributed by atoms with Crippen LogP contribution in [0.15, 0.2) is 78.9 Å². The van der Waals surface area contributed by atoms with E-state index in [0.29, 0.717) is 11.3 Å². The normalized spacial score (nSPS) is 10.2. The Balaban J connectivity index is 1.87. The molecular weight excluding hydrogens is 372 g/mol.